The van der Waals surface area contributed by atoms with Gasteiger partial charge in [-0.15, -0.1) is 0 Å². The molecule has 0 radical (unpaired) electrons. The predicted octanol–water partition coefficient (Wildman–Crippen LogP) is 3.38. The number of likely N-dealkylation sites (tertiary alicyclic amines) is 1. The van der Waals surface area contributed by atoms with Gasteiger partial charge >= 0.3 is 0 Å². The molecular formula is C16H18N4OS3. The summed E-state index contributed by atoms with van der Waals surface area (Å²) in [5, 5.41) is 0. The zero-order chi connectivity index (χ0) is 16.4. The van der Waals surface area contributed by atoms with Gasteiger partial charge in [-0.3, -0.25) is 9.79 Å². The molecule has 0 atom stereocenters. The van der Waals surface area contributed by atoms with Gasteiger partial charge in [0.1, 0.15) is 15.4 Å². The molecule has 3 heterocycles. The van der Waals surface area contributed by atoms with E-state index in [0.717, 1.165) is 60.6 Å². The van der Waals surface area contributed by atoms with Crippen LogP contribution in [0.3, 0.4) is 0 Å². The van der Waals surface area contributed by atoms with E-state index in [1.807, 2.05) is 46.6 Å². The van der Waals surface area contributed by atoms with E-state index in [4.69, 9.17) is 0 Å². The molecule has 24 heavy (non-hydrogen) atoms. The molecule has 4 rings (SSSR count). The maximum absolute atomic E-state index is 12.7. The van der Waals surface area contributed by atoms with Gasteiger partial charge in [0.2, 0.25) is 0 Å². The van der Waals surface area contributed by atoms with Crippen LogP contribution in [0.2, 0.25) is 0 Å². The van der Waals surface area contributed by atoms with Crippen LogP contribution in [0.15, 0.2) is 23.2 Å². The Hall–Kier alpha value is -1.12. The summed E-state index contributed by atoms with van der Waals surface area (Å²) in [6, 6.07) is 5.61. The molecule has 0 N–H and O–H groups in total. The van der Waals surface area contributed by atoms with Crippen molar-refractivity contribution in [2.45, 2.75) is 12.8 Å². The molecule has 1 aromatic carbocycles. The first-order valence-corrected chi connectivity index (χ1v) is 10.8. The van der Waals surface area contributed by atoms with Crippen LogP contribution in [0.5, 0.6) is 0 Å². The second-order valence-corrected chi connectivity index (χ2v) is 8.89. The number of benzene rings is 1. The Labute approximate surface area is 153 Å². The van der Waals surface area contributed by atoms with E-state index < -0.39 is 0 Å². The molecule has 2 aromatic rings. The summed E-state index contributed by atoms with van der Waals surface area (Å²) in [5.74, 6) is 3.07. The highest BCUT2D eigenvalue weighted by atomic mass is 32.2. The first kappa shape index (κ1) is 16.4. The normalized spacial score (nSPS) is 19.0. The van der Waals surface area contributed by atoms with Crippen LogP contribution in [0.4, 0.5) is 0 Å². The highest BCUT2D eigenvalue weighted by molar-refractivity contribution is 8.39. The van der Waals surface area contributed by atoms with Gasteiger partial charge in [0, 0.05) is 30.2 Å². The number of carbonyl (C=O) groups excluding carboxylic acids is 1. The van der Waals surface area contributed by atoms with Gasteiger partial charge in [-0.25, -0.2) is 0 Å². The fourth-order valence-corrected chi connectivity index (χ4v) is 5.73. The van der Waals surface area contributed by atoms with Crippen LogP contribution < -0.4 is 0 Å². The van der Waals surface area contributed by atoms with Crippen LogP contribution in [-0.2, 0) is 0 Å². The average Bonchev–Trinajstić information content (AvgIpc) is 3.30. The van der Waals surface area contributed by atoms with Gasteiger partial charge < -0.3 is 4.90 Å². The largest absolute Gasteiger partial charge is 0.339 e. The van der Waals surface area contributed by atoms with Crippen molar-refractivity contribution < 1.29 is 4.79 Å². The van der Waals surface area contributed by atoms with Crippen LogP contribution in [0, 0.1) is 5.92 Å². The number of thioether (sulfide) groups is 2. The molecule has 1 saturated heterocycles. The van der Waals surface area contributed by atoms with E-state index in [1.165, 1.54) is 16.1 Å². The first-order chi connectivity index (χ1) is 11.8. The molecular weight excluding hydrogens is 360 g/mol. The number of nitrogens with zero attached hydrogens (tertiary/aromatic N) is 4. The lowest BCUT2D eigenvalue weighted by Crippen LogP contribution is -2.39. The van der Waals surface area contributed by atoms with Gasteiger partial charge in [-0.2, -0.15) is 8.75 Å². The molecule has 126 valence electrons. The maximum atomic E-state index is 12.7. The van der Waals surface area contributed by atoms with Crippen LogP contribution in [0.25, 0.3) is 11.0 Å². The van der Waals surface area contributed by atoms with Crippen molar-refractivity contribution in [1.29, 1.82) is 0 Å². The van der Waals surface area contributed by atoms with Crippen molar-refractivity contribution in [3.05, 3.63) is 23.8 Å². The number of piperidine rings is 1. The molecule has 0 unspecified atom stereocenters. The molecule has 0 bridgehead atoms. The highest BCUT2D eigenvalue weighted by Gasteiger charge is 2.24. The molecule has 0 saturated carbocycles. The monoisotopic (exact) mass is 378 g/mol. The molecule has 5 nitrogen and oxygen atoms in total. The van der Waals surface area contributed by atoms with Gasteiger partial charge in [-0.1, -0.05) is 23.5 Å². The van der Waals surface area contributed by atoms with Crippen molar-refractivity contribution >= 4 is 56.6 Å². The Bertz CT molecular complexity index is 768. The lowest BCUT2D eigenvalue weighted by atomic mass is 9.98. The Morgan fingerprint density at radius 2 is 2.08 bits per heavy atom. The summed E-state index contributed by atoms with van der Waals surface area (Å²) in [6.07, 6.45) is 2.16. The van der Waals surface area contributed by atoms with E-state index in [0.29, 0.717) is 5.92 Å². The van der Waals surface area contributed by atoms with E-state index in [-0.39, 0.29) is 5.91 Å². The third-order valence-corrected chi connectivity index (χ3v) is 7.44. The third-order valence-electron chi connectivity index (χ3n) is 4.40. The van der Waals surface area contributed by atoms with Crippen LogP contribution in [-0.4, -0.2) is 55.1 Å². The Balaban J connectivity index is 1.32. The van der Waals surface area contributed by atoms with Gasteiger partial charge in [0.25, 0.3) is 5.91 Å². The standard InChI is InChI=1S/C16H18N4OS3/c21-15(12-1-2-13-14(9-12)19-24-18-13)20-6-3-11(4-7-20)10-23-16-17-5-8-22-16/h1-2,9,11H,3-8,10H2. The van der Waals surface area contributed by atoms with E-state index in [9.17, 15) is 4.79 Å². The van der Waals surface area contributed by atoms with Crippen molar-refractivity contribution in [2.24, 2.45) is 10.9 Å². The number of amides is 1. The molecule has 0 spiro atoms. The zero-order valence-corrected chi connectivity index (χ0v) is 15.6. The fraction of sp³-hybridized carbons (Fsp3) is 0.500. The quantitative estimate of drug-likeness (QED) is 0.819. The van der Waals surface area contributed by atoms with Gasteiger partial charge in [-0.05, 0) is 37.0 Å². The molecule has 2 aliphatic rings. The second kappa shape index (κ2) is 7.41. The number of rotatable bonds is 3. The molecule has 1 amide bonds. The summed E-state index contributed by atoms with van der Waals surface area (Å²) in [5.41, 5.74) is 2.40. The summed E-state index contributed by atoms with van der Waals surface area (Å²) < 4.78 is 9.66. The lowest BCUT2D eigenvalue weighted by molar-refractivity contribution is 0.0699. The van der Waals surface area contributed by atoms with Crippen LogP contribution in [0.1, 0.15) is 23.2 Å². The predicted molar refractivity (Wildman–Crippen MR) is 103 cm³/mol. The number of carbonyl (C=O) groups is 1. The smallest absolute Gasteiger partial charge is 0.253 e. The molecule has 0 aliphatic carbocycles. The summed E-state index contributed by atoms with van der Waals surface area (Å²) >= 11 is 4.95. The van der Waals surface area contributed by atoms with Crippen molar-refractivity contribution in [3.63, 3.8) is 0 Å². The number of hydrogen-bond donors (Lipinski definition) is 0. The average molecular weight is 379 g/mol. The maximum Gasteiger partial charge on any atom is 0.253 e. The zero-order valence-electron chi connectivity index (χ0n) is 13.2. The minimum atomic E-state index is 0.117. The van der Waals surface area contributed by atoms with Gasteiger partial charge in [0.05, 0.1) is 18.3 Å². The van der Waals surface area contributed by atoms with E-state index in [2.05, 4.69) is 13.7 Å². The first-order valence-electron chi connectivity index (χ1n) is 8.11. The Kier molecular flexibility index (Phi) is 5.05. The Morgan fingerprint density at radius 3 is 2.88 bits per heavy atom. The second-order valence-electron chi connectivity index (χ2n) is 6.01. The number of hydrogen-bond acceptors (Lipinski definition) is 7. The van der Waals surface area contributed by atoms with Gasteiger partial charge in [0.15, 0.2) is 0 Å². The lowest BCUT2D eigenvalue weighted by Gasteiger charge is -2.32. The minimum Gasteiger partial charge on any atom is -0.339 e. The van der Waals surface area contributed by atoms with Crippen LogP contribution >= 0.6 is 35.3 Å². The fourth-order valence-electron chi connectivity index (χ4n) is 2.99. The van der Waals surface area contributed by atoms with Crippen molar-refractivity contribution in [2.75, 3.05) is 31.1 Å². The number of aliphatic imine (C=N–C) groups is 1. The van der Waals surface area contributed by atoms with E-state index in [1.54, 1.807) is 0 Å². The number of fused-ring (bicyclic) bond motifs is 1. The summed E-state index contributed by atoms with van der Waals surface area (Å²) in [7, 11) is 0. The van der Waals surface area contributed by atoms with Crippen molar-refractivity contribution in [1.82, 2.24) is 13.6 Å². The molecule has 1 fully saturated rings. The molecule has 8 heteroatoms. The molecule has 2 aliphatic heterocycles. The third kappa shape index (κ3) is 3.60. The van der Waals surface area contributed by atoms with Crippen molar-refractivity contribution in [3.8, 4) is 0 Å². The SMILES string of the molecule is O=C(c1ccc2nsnc2c1)N1CCC(CSC2=NCCS2)CC1. The molecule has 1 aromatic heterocycles. The minimum absolute atomic E-state index is 0.117. The summed E-state index contributed by atoms with van der Waals surface area (Å²) in [4.78, 5) is 19.2. The topological polar surface area (TPSA) is 58.5 Å². The Morgan fingerprint density at radius 1 is 1.25 bits per heavy atom. The highest BCUT2D eigenvalue weighted by Crippen LogP contribution is 2.28. The summed E-state index contributed by atoms with van der Waals surface area (Å²) in [6.45, 7) is 2.66. The number of aromatic nitrogens is 2. The van der Waals surface area contributed by atoms with E-state index >= 15 is 0 Å².